The van der Waals surface area contributed by atoms with Gasteiger partial charge in [-0.3, -0.25) is 19.7 Å². The summed E-state index contributed by atoms with van der Waals surface area (Å²) in [5.41, 5.74) is 1.24. The SMILES string of the molecule is CCN(CC)CCN1C(=O)C(=O)C(=C(O)c2ccc(OC)c(C)c2)[C@H]1c1cccc([N+](=O)[O-])c1. The number of methoxy groups -OCH3 is 1. The minimum absolute atomic E-state index is 0.0883. The topological polar surface area (TPSA) is 113 Å². The minimum Gasteiger partial charge on any atom is -0.507 e. The van der Waals surface area contributed by atoms with Gasteiger partial charge in [0.2, 0.25) is 0 Å². The van der Waals surface area contributed by atoms with Gasteiger partial charge < -0.3 is 19.6 Å². The van der Waals surface area contributed by atoms with Crippen molar-refractivity contribution in [3.8, 4) is 5.75 Å². The van der Waals surface area contributed by atoms with E-state index in [0.717, 1.165) is 18.7 Å². The first-order valence-corrected chi connectivity index (χ1v) is 11.1. The summed E-state index contributed by atoms with van der Waals surface area (Å²) in [5.74, 6) is -1.27. The Bertz CT molecular complexity index is 1140. The molecule has 34 heavy (non-hydrogen) atoms. The second-order valence-electron chi connectivity index (χ2n) is 8.06. The van der Waals surface area contributed by atoms with Gasteiger partial charge in [0.1, 0.15) is 11.5 Å². The Labute approximate surface area is 198 Å². The van der Waals surface area contributed by atoms with Crippen molar-refractivity contribution in [2.24, 2.45) is 0 Å². The van der Waals surface area contributed by atoms with Crippen molar-refractivity contribution in [3.05, 3.63) is 74.8 Å². The van der Waals surface area contributed by atoms with Crippen molar-refractivity contribution in [1.82, 2.24) is 9.80 Å². The van der Waals surface area contributed by atoms with Crippen molar-refractivity contribution in [1.29, 1.82) is 0 Å². The average Bonchev–Trinajstić information content (AvgIpc) is 3.09. The Morgan fingerprint density at radius 2 is 1.88 bits per heavy atom. The highest BCUT2D eigenvalue weighted by Gasteiger charge is 2.46. The highest BCUT2D eigenvalue weighted by molar-refractivity contribution is 6.46. The van der Waals surface area contributed by atoms with Gasteiger partial charge in [-0.05, 0) is 49.3 Å². The average molecular weight is 468 g/mol. The van der Waals surface area contributed by atoms with Gasteiger partial charge in [0.05, 0.1) is 23.6 Å². The fourth-order valence-electron chi connectivity index (χ4n) is 4.24. The van der Waals surface area contributed by atoms with Gasteiger partial charge in [0, 0.05) is 30.8 Å². The number of non-ortho nitro benzene ring substituents is 1. The Kier molecular flexibility index (Phi) is 7.68. The molecule has 1 aliphatic rings. The highest BCUT2D eigenvalue weighted by atomic mass is 16.6. The molecule has 1 N–H and O–H groups in total. The van der Waals surface area contributed by atoms with Crippen LogP contribution >= 0.6 is 0 Å². The molecule has 1 fully saturated rings. The van der Waals surface area contributed by atoms with Crippen LogP contribution in [0.3, 0.4) is 0 Å². The minimum atomic E-state index is -0.946. The van der Waals surface area contributed by atoms with Gasteiger partial charge in [0.25, 0.3) is 17.4 Å². The molecule has 0 saturated carbocycles. The number of ketones is 1. The van der Waals surface area contributed by atoms with Crippen LogP contribution in [0.4, 0.5) is 5.69 Å². The molecule has 0 spiro atoms. The summed E-state index contributed by atoms with van der Waals surface area (Å²) in [6.07, 6.45) is 0. The van der Waals surface area contributed by atoms with Crippen molar-refractivity contribution in [3.63, 3.8) is 0 Å². The summed E-state index contributed by atoms with van der Waals surface area (Å²) in [6, 6.07) is 9.82. The third kappa shape index (κ3) is 4.79. The van der Waals surface area contributed by atoms with E-state index in [1.54, 1.807) is 31.2 Å². The van der Waals surface area contributed by atoms with E-state index in [4.69, 9.17) is 4.74 Å². The van der Waals surface area contributed by atoms with Crippen molar-refractivity contribution < 1.29 is 24.4 Å². The van der Waals surface area contributed by atoms with Crippen LogP contribution in [0.25, 0.3) is 5.76 Å². The fraction of sp³-hybridized carbons (Fsp3) is 0.360. The number of nitro groups is 1. The van der Waals surface area contributed by atoms with Crippen LogP contribution in [0.2, 0.25) is 0 Å². The second kappa shape index (κ2) is 10.5. The second-order valence-corrected chi connectivity index (χ2v) is 8.06. The molecule has 0 unspecified atom stereocenters. The van der Waals surface area contributed by atoms with Crippen molar-refractivity contribution in [2.75, 3.05) is 33.3 Å². The molecule has 180 valence electrons. The maximum Gasteiger partial charge on any atom is 0.295 e. The number of ether oxygens (including phenoxy) is 1. The van der Waals surface area contributed by atoms with Gasteiger partial charge in [-0.2, -0.15) is 0 Å². The molecule has 0 aliphatic carbocycles. The molecule has 1 amide bonds. The molecule has 9 nitrogen and oxygen atoms in total. The lowest BCUT2D eigenvalue weighted by Crippen LogP contribution is -2.38. The third-order valence-electron chi connectivity index (χ3n) is 6.16. The third-order valence-corrected chi connectivity index (χ3v) is 6.16. The van der Waals surface area contributed by atoms with Gasteiger partial charge in [-0.15, -0.1) is 0 Å². The molecule has 0 radical (unpaired) electrons. The lowest BCUT2D eigenvalue weighted by Gasteiger charge is -2.28. The highest BCUT2D eigenvalue weighted by Crippen LogP contribution is 2.40. The monoisotopic (exact) mass is 467 g/mol. The zero-order chi connectivity index (χ0) is 25.0. The van der Waals surface area contributed by atoms with E-state index in [0.29, 0.717) is 23.4 Å². The first-order valence-electron chi connectivity index (χ1n) is 11.1. The van der Waals surface area contributed by atoms with Gasteiger partial charge >= 0.3 is 0 Å². The first-order chi connectivity index (χ1) is 16.2. The van der Waals surface area contributed by atoms with Crippen LogP contribution in [0.5, 0.6) is 5.75 Å². The number of carbonyl (C=O) groups excluding carboxylic acids is 2. The molecule has 9 heteroatoms. The molecule has 1 atom stereocenters. The van der Waals surface area contributed by atoms with Crippen molar-refractivity contribution >= 4 is 23.1 Å². The van der Waals surface area contributed by atoms with Crippen LogP contribution in [-0.2, 0) is 9.59 Å². The predicted molar refractivity (Wildman–Crippen MR) is 128 cm³/mol. The molecule has 1 saturated heterocycles. The molecule has 1 heterocycles. The van der Waals surface area contributed by atoms with Gasteiger partial charge in [0.15, 0.2) is 0 Å². The molecule has 3 rings (SSSR count). The van der Waals surface area contributed by atoms with E-state index < -0.39 is 22.7 Å². The standard InChI is InChI=1S/C25H29N3O6/c1-5-26(6-2)12-13-27-22(17-8-7-9-19(15-17)28(32)33)21(24(30)25(27)31)23(29)18-10-11-20(34-4)16(3)14-18/h7-11,14-15,22,29H,5-6,12-13H2,1-4H3/t22-/m1/s1. The fourth-order valence-corrected chi connectivity index (χ4v) is 4.24. The van der Waals surface area contributed by atoms with Gasteiger partial charge in [-0.1, -0.05) is 26.0 Å². The number of amides is 1. The lowest BCUT2D eigenvalue weighted by atomic mass is 9.94. The summed E-state index contributed by atoms with van der Waals surface area (Å²) in [4.78, 5) is 40.6. The normalized spacial score (nSPS) is 17.4. The Balaban J connectivity index is 2.16. The van der Waals surface area contributed by atoms with Crippen LogP contribution in [0, 0.1) is 17.0 Å². The number of aliphatic hydroxyl groups excluding tert-OH is 1. The van der Waals surface area contributed by atoms with Gasteiger partial charge in [-0.25, -0.2) is 0 Å². The smallest absolute Gasteiger partial charge is 0.295 e. The summed E-state index contributed by atoms with van der Waals surface area (Å²) < 4.78 is 5.27. The largest absolute Gasteiger partial charge is 0.507 e. The number of likely N-dealkylation sites (N-methyl/N-ethyl adjacent to an activating group) is 1. The summed E-state index contributed by atoms with van der Waals surface area (Å²) in [5, 5.41) is 22.6. The quantitative estimate of drug-likeness (QED) is 0.197. The Morgan fingerprint density at radius 1 is 1.18 bits per heavy atom. The molecule has 1 aliphatic heterocycles. The van der Waals surface area contributed by atoms with Crippen LogP contribution in [0.15, 0.2) is 48.0 Å². The summed E-state index contributed by atoms with van der Waals surface area (Å²) in [6.45, 7) is 8.10. The van der Waals surface area contributed by atoms with E-state index in [9.17, 15) is 24.8 Å². The molecule has 0 bridgehead atoms. The number of aryl methyl sites for hydroxylation is 1. The van der Waals surface area contributed by atoms with Crippen LogP contribution in [-0.4, -0.2) is 64.8 Å². The maximum absolute atomic E-state index is 13.1. The summed E-state index contributed by atoms with van der Waals surface area (Å²) in [7, 11) is 1.53. The molecular weight excluding hydrogens is 438 g/mol. The Hall–Kier alpha value is -3.72. The molecule has 2 aromatic rings. The first kappa shape index (κ1) is 24.9. The van der Waals surface area contributed by atoms with E-state index in [1.807, 2.05) is 13.8 Å². The molecule has 0 aromatic heterocycles. The number of nitro benzene ring substituents is 1. The predicted octanol–water partition coefficient (Wildman–Crippen LogP) is 3.68. The number of Topliss-reactive ketones (excluding diaryl/α,β-unsaturated/α-hetero) is 1. The number of hydrogen-bond acceptors (Lipinski definition) is 7. The van der Waals surface area contributed by atoms with Crippen LogP contribution in [0.1, 0.15) is 36.6 Å². The number of likely N-dealkylation sites (tertiary alicyclic amines) is 1. The van der Waals surface area contributed by atoms with Crippen LogP contribution < -0.4 is 4.74 Å². The van der Waals surface area contributed by atoms with E-state index in [1.165, 1.54) is 30.2 Å². The van der Waals surface area contributed by atoms with Crippen molar-refractivity contribution in [2.45, 2.75) is 26.8 Å². The number of carbonyl (C=O) groups is 2. The number of aliphatic hydroxyl groups is 1. The summed E-state index contributed by atoms with van der Waals surface area (Å²) >= 11 is 0. The number of hydrogen-bond donors (Lipinski definition) is 1. The zero-order valence-corrected chi connectivity index (χ0v) is 19.8. The molecule has 2 aromatic carbocycles. The lowest BCUT2D eigenvalue weighted by molar-refractivity contribution is -0.384. The van der Waals surface area contributed by atoms with E-state index in [2.05, 4.69) is 4.90 Å². The number of nitrogens with zero attached hydrogens (tertiary/aromatic N) is 3. The van der Waals surface area contributed by atoms with E-state index in [-0.39, 0.29) is 23.6 Å². The maximum atomic E-state index is 13.1. The number of rotatable bonds is 9. The van der Waals surface area contributed by atoms with E-state index >= 15 is 0 Å². The zero-order valence-electron chi connectivity index (χ0n) is 19.8. The Morgan fingerprint density at radius 3 is 2.47 bits per heavy atom. The number of benzene rings is 2. The molecular formula is C25H29N3O6.